The Morgan fingerprint density at radius 3 is 3.12 bits per heavy atom. The summed E-state index contributed by atoms with van der Waals surface area (Å²) in [6.45, 7) is 1.74. The normalized spacial score (nSPS) is 24.8. The predicted octanol–water partition coefficient (Wildman–Crippen LogP) is 2.24. The third kappa shape index (κ3) is 1.92. The first-order chi connectivity index (χ1) is 7.83. The molecule has 0 spiro atoms. The van der Waals surface area contributed by atoms with Gasteiger partial charge in [0.15, 0.2) is 5.78 Å². The summed E-state index contributed by atoms with van der Waals surface area (Å²) in [5.74, 6) is 0.856. The lowest BCUT2D eigenvalue weighted by atomic mass is 10.0. The Hall–Kier alpha value is -0.740. The van der Waals surface area contributed by atoms with Crippen LogP contribution in [0.2, 0.25) is 0 Å². The molecule has 0 bridgehead atoms. The van der Waals surface area contributed by atoms with E-state index in [1.54, 1.807) is 11.3 Å². The third-order valence-corrected chi connectivity index (χ3v) is 4.44. The maximum Gasteiger partial charge on any atom is 0.182 e. The average molecular weight is 237 g/mol. The van der Waals surface area contributed by atoms with Gasteiger partial charge in [-0.25, -0.2) is 4.98 Å². The molecule has 0 aromatic carbocycles. The highest BCUT2D eigenvalue weighted by molar-refractivity contribution is 7.12. The van der Waals surface area contributed by atoms with Crippen LogP contribution in [-0.4, -0.2) is 24.0 Å². The van der Waals surface area contributed by atoms with Crippen molar-refractivity contribution in [3.05, 3.63) is 15.6 Å². The molecule has 1 unspecified atom stereocenters. The minimum atomic E-state index is 0.242. The van der Waals surface area contributed by atoms with Crippen molar-refractivity contribution in [3.63, 3.8) is 0 Å². The Kier molecular flexibility index (Phi) is 2.77. The zero-order valence-electron chi connectivity index (χ0n) is 9.20. The number of Topliss-reactive ketones (excluding diaryl/α,β-unsaturated/α-hetero) is 1. The molecule has 2 heterocycles. The fourth-order valence-electron chi connectivity index (χ4n) is 2.39. The van der Waals surface area contributed by atoms with Gasteiger partial charge in [0.05, 0.1) is 5.01 Å². The molecule has 1 aromatic heterocycles. The van der Waals surface area contributed by atoms with Crippen molar-refractivity contribution < 1.29 is 9.53 Å². The van der Waals surface area contributed by atoms with Gasteiger partial charge in [-0.05, 0) is 25.2 Å². The fraction of sp³-hybridized carbons (Fsp3) is 0.667. The van der Waals surface area contributed by atoms with Crippen molar-refractivity contribution in [3.8, 4) is 0 Å². The van der Waals surface area contributed by atoms with Crippen LogP contribution in [0, 0.1) is 5.92 Å². The van der Waals surface area contributed by atoms with Crippen LogP contribution in [0.4, 0.5) is 0 Å². The third-order valence-electron chi connectivity index (χ3n) is 3.30. The van der Waals surface area contributed by atoms with Gasteiger partial charge in [-0.15, -0.1) is 11.3 Å². The number of ketones is 1. The molecule has 1 aliphatic heterocycles. The van der Waals surface area contributed by atoms with E-state index in [1.165, 1.54) is 4.88 Å². The van der Waals surface area contributed by atoms with Crippen molar-refractivity contribution in [2.45, 2.75) is 32.1 Å². The number of aryl methyl sites for hydroxylation is 1. The van der Waals surface area contributed by atoms with Gasteiger partial charge in [0.2, 0.25) is 0 Å². The fourth-order valence-corrected chi connectivity index (χ4v) is 3.64. The number of nitrogens with zero attached hydrogens (tertiary/aromatic N) is 1. The van der Waals surface area contributed by atoms with Crippen LogP contribution < -0.4 is 0 Å². The van der Waals surface area contributed by atoms with Crippen molar-refractivity contribution in [1.29, 1.82) is 0 Å². The van der Waals surface area contributed by atoms with E-state index in [0.717, 1.165) is 49.6 Å². The molecule has 86 valence electrons. The monoisotopic (exact) mass is 237 g/mol. The smallest absolute Gasteiger partial charge is 0.182 e. The predicted molar refractivity (Wildman–Crippen MR) is 62.0 cm³/mol. The lowest BCUT2D eigenvalue weighted by Gasteiger charge is -2.06. The van der Waals surface area contributed by atoms with Gasteiger partial charge in [0.25, 0.3) is 0 Å². The Morgan fingerprint density at radius 1 is 1.44 bits per heavy atom. The SMILES string of the molecule is O=C1CCCc2sc(CC3CCOC3)nc21. The molecule has 4 heteroatoms. The van der Waals surface area contributed by atoms with Crippen LogP contribution in [0.5, 0.6) is 0 Å². The van der Waals surface area contributed by atoms with Crippen molar-refractivity contribution in [2.24, 2.45) is 5.92 Å². The van der Waals surface area contributed by atoms with Crippen LogP contribution in [0.25, 0.3) is 0 Å². The van der Waals surface area contributed by atoms with Gasteiger partial charge < -0.3 is 4.74 Å². The number of rotatable bonds is 2. The summed E-state index contributed by atoms with van der Waals surface area (Å²) in [5.41, 5.74) is 0.769. The number of hydrogen-bond acceptors (Lipinski definition) is 4. The summed E-state index contributed by atoms with van der Waals surface area (Å²) in [4.78, 5) is 17.4. The summed E-state index contributed by atoms with van der Waals surface area (Å²) < 4.78 is 5.36. The minimum absolute atomic E-state index is 0.242. The topological polar surface area (TPSA) is 39.2 Å². The number of hydrogen-bond donors (Lipinski definition) is 0. The number of carbonyl (C=O) groups is 1. The van der Waals surface area contributed by atoms with Crippen LogP contribution in [0.1, 0.15) is 39.6 Å². The van der Waals surface area contributed by atoms with E-state index in [-0.39, 0.29) is 5.78 Å². The number of thiazole rings is 1. The summed E-state index contributed by atoms with van der Waals surface area (Å²) in [7, 11) is 0. The standard InChI is InChI=1S/C12H15NO2S/c14-9-2-1-3-10-12(9)13-11(16-10)6-8-4-5-15-7-8/h8H,1-7H2. The van der Waals surface area contributed by atoms with E-state index in [1.807, 2.05) is 0 Å². The Bertz CT molecular complexity index is 407. The molecule has 0 N–H and O–H groups in total. The van der Waals surface area contributed by atoms with E-state index >= 15 is 0 Å². The molecule has 1 atom stereocenters. The van der Waals surface area contributed by atoms with Gasteiger partial charge in [0.1, 0.15) is 5.69 Å². The van der Waals surface area contributed by atoms with Crippen LogP contribution in [0.3, 0.4) is 0 Å². The van der Waals surface area contributed by atoms with Gasteiger partial charge in [-0.3, -0.25) is 4.79 Å². The summed E-state index contributed by atoms with van der Waals surface area (Å²) in [6, 6.07) is 0. The lowest BCUT2D eigenvalue weighted by Crippen LogP contribution is -2.09. The number of fused-ring (bicyclic) bond motifs is 1. The second-order valence-corrected chi connectivity index (χ2v) is 5.76. The number of aromatic nitrogens is 1. The molecule has 3 nitrogen and oxygen atoms in total. The molecular formula is C12H15NO2S. The molecule has 1 saturated heterocycles. The van der Waals surface area contributed by atoms with E-state index in [9.17, 15) is 4.79 Å². The van der Waals surface area contributed by atoms with E-state index in [2.05, 4.69) is 4.98 Å². The second kappa shape index (κ2) is 4.26. The number of carbonyl (C=O) groups excluding carboxylic acids is 1. The number of ether oxygens (including phenoxy) is 1. The minimum Gasteiger partial charge on any atom is -0.381 e. The molecule has 3 rings (SSSR count). The quantitative estimate of drug-likeness (QED) is 0.792. The van der Waals surface area contributed by atoms with Crippen LogP contribution >= 0.6 is 11.3 Å². The summed E-state index contributed by atoms with van der Waals surface area (Å²) in [6.07, 6.45) is 4.85. The maximum atomic E-state index is 11.7. The van der Waals surface area contributed by atoms with Crippen molar-refractivity contribution in [1.82, 2.24) is 4.98 Å². The zero-order valence-corrected chi connectivity index (χ0v) is 10.0. The molecule has 16 heavy (non-hydrogen) atoms. The molecule has 1 aliphatic carbocycles. The van der Waals surface area contributed by atoms with Gasteiger partial charge in [0, 0.05) is 30.9 Å². The molecule has 0 amide bonds. The molecular weight excluding hydrogens is 222 g/mol. The highest BCUT2D eigenvalue weighted by Crippen LogP contribution is 2.29. The molecule has 0 radical (unpaired) electrons. The zero-order chi connectivity index (χ0) is 11.0. The lowest BCUT2D eigenvalue weighted by molar-refractivity contribution is 0.0968. The first-order valence-electron chi connectivity index (χ1n) is 5.92. The first kappa shape index (κ1) is 10.4. The molecule has 1 aromatic rings. The highest BCUT2D eigenvalue weighted by Gasteiger charge is 2.24. The molecule has 1 fully saturated rings. The van der Waals surface area contributed by atoms with Gasteiger partial charge in [-0.1, -0.05) is 0 Å². The second-order valence-electron chi connectivity index (χ2n) is 4.59. The Labute approximate surface area is 98.8 Å². The largest absolute Gasteiger partial charge is 0.381 e. The Morgan fingerprint density at radius 2 is 2.38 bits per heavy atom. The van der Waals surface area contributed by atoms with Gasteiger partial charge >= 0.3 is 0 Å². The van der Waals surface area contributed by atoms with E-state index in [4.69, 9.17) is 4.74 Å². The van der Waals surface area contributed by atoms with Crippen molar-refractivity contribution in [2.75, 3.05) is 13.2 Å². The average Bonchev–Trinajstić information content (AvgIpc) is 2.88. The Balaban J connectivity index is 1.78. The maximum absolute atomic E-state index is 11.7. The van der Waals surface area contributed by atoms with E-state index < -0.39 is 0 Å². The molecule has 0 saturated carbocycles. The van der Waals surface area contributed by atoms with Gasteiger partial charge in [-0.2, -0.15) is 0 Å². The van der Waals surface area contributed by atoms with Crippen LogP contribution in [-0.2, 0) is 17.6 Å². The summed E-state index contributed by atoms with van der Waals surface area (Å²) in [5, 5.41) is 1.13. The molecule has 2 aliphatic rings. The first-order valence-corrected chi connectivity index (χ1v) is 6.74. The highest BCUT2D eigenvalue weighted by atomic mass is 32.1. The van der Waals surface area contributed by atoms with E-state index in [0.29, 0.717) is 12.3 Å². The summed E-state index contributed by atoms with van der Waals surface area (Å²) >= 11 is 1.74. The van der Waals surface area contributed by atoms with Crippen molar-refractivity contribution >= 4 is 17.1 Å². The van der Waals surface area contributed by atoms with Crippen LogP contribution in [0.15, 0.2) is 0 Å².